The number of rotatable bonds is 4. The first-order valence-electron chi connectivity index (χ1n) is 9.25. The number of hydrogen-bond acceptors (Lipinski definition) is 6. The highest BCUT2D eigenvalue weighted by atomic mass is 16.4. The Balaban J connectivity index is 0.000000202. The minimum atomic E-state index is -0.976. The summed E-state index contributed by atoms with van der Waals surface area (Å²) in [7, 11) is 0. The lowest BCUT2D eigenvalue weighted by Crippen LogP contribution is -2.50. The van der Waals surface area contributed by atoms with E-state index in [1.54, 1.807) is 26.0 Å². The average molecular weight is 389 g/mol. The van der Waals surface area contributed by atoms with E-state index in [-0.39, 0.29) is 23.5 Å². The molecule has 28 heavy (non-hydrogen) atoms. The summed E-state index contributed by atoms with van der Waals surface area (Å²) in [6, 6.07) is 5.76. The highest BCUT2D eigenvalue weighted by Gasteiger charge is 2.28. The van der Waals surface area contributed by atoms with Crippen LogP contribution < -0.4 is 22.0 Å². The minimum Gasteiger partial charge on any atom is -0.480 e. The Morgan fingerprint density at radius 3 is 2.61 bits per heavy atom. The number of carboxylic acid groups (broad SMARTS) is 1. The smallest absolute Gasteiger partial charge is 0.336 e. The van der Waals surface area contributed by atoms with Crippen molar-refractivity contribution in [3.05, 3.63) is 40.2 Å². The number of anilines is 1. The van der Waals surface area contributed by atoms with Crippen LogP contribution in [0.15, 0.2) is 33.5 Å². The average Bonchev–Trinajstić information content (AvgIpc) is 3.13. The normalized spacial score (nSPS) is 17.1. The third kappa shape index (κ3) is 5.56. The zero-order valence-electron chi connectivity index (χ0n) is 16.3. The second kappa shape index (κ2) is 9.36. The first-order valence-corrected chi connectivity index (χ1v) is 9.25. The predicted molar refractivity (Wildman–Crippen MR) is 107 cm³/mol. The number of carbonyl (C=O) groups is 2. The Kier molecular flexibility index (Phi) is 7.17. The molecule has 8 nitrogen and oxygen atoms in total. The molecule has 5 N–H and O–H groups in total. The van der Waals surface area contributed by atoms with Crippen molar-refractivity contribution < 1.29 is 19.1 Å². The van der Waals surface area contributed by atoms with Crippen molar-refractivity contribution in [3.63, 3.8) is 0 Å². The molecule has 0 bridgehead atoms. The summed E-state index contributed by atoms with van der Waals surface area (Å²) in [5, 5.41) is 15.4. The van der Waals surface area contributed by atoms with Gasteiger partial charge in [0.05, 0.1) is 6.04 Å². The number of nitrogens with one attached hydrogen (secondary N) is 2. The molecule has 1 aliphatic heterocycles. The van der Waals surface area contributed by atoms with Crippen molar-refractivity contribution in [1.29, 1.82) is 0 Å². The van der Waals surface area contributed by atoms with Crippen molar-refractivity contribution >= 4 is 28.5 Å². The molecular formula is C20H27N3O5. The number of benzene rings is 1. The van der Waals surface area contributed by atoms with Crippen LogP contribution >= 0.6 is 0 Å². The fourth-order valence-electron chi connectivity index (χ4n) is 3.02. The molecule has 0 aliphatic carbocycles. The minimum absolute atomic E-state index is 0.104. The van der Waals surface area contributed by atoms with Gasteiger partial charge in [-0.05, 0) is 49.9 Å². The third-order valence-electron chi connectivity index (χ3n) is 4.58. The fourth-order valence-corrected chi connectivity index (χ4v) is 3.02. The van der Waals surface area contributed by atoms with E-state index in [0.29, 0.717) is 11.3 Å². The molecule has 0 radical (unpaired) electrons. The van der Waals surface area contributed by atoms with Crippen LogP contribution in [0.2, 0.25) is 0 Å². The van der Waals surface area contributed by atoms with Gasteiger partial charge in [-0.15, -0.1) is 0 Å². The Labute approximate surface area is 163 Å². The highest BCUT2D eigenvalue weighted by molar-refractivity contribution is 5.87. The van der Waals surface area contributed by atoms with Crippen LogP contribution in [-0.2, 0) is 9.59 Å². The number of nitrogen functional groups attached to an aromatic ring is 1. The van der Waals surface area contributed by atoms with E-state index in [1.807, 2.05) is 13.0 Å². The molecule has 1 fully saturated rings. The highest BCUT2D eigenvalue weighted by Crippen LogP contribution is 2.18. The van der Waals surface area contributed by atoms with E-state index in [1.165, 1.54) is 6.07 Å². The van der Waals surface area contributed by atoms with Crippen LogP contribution in [0.1, 0.15) is 32.3 Å². The summed E-state index contributed by atoms with van der Waals surface area (Å²) in [5.74, 6) is -1.28. The molecule has 8 heteroatoms. The van der Waals surface area contributed by atoms with Crippen LogP contribution in [0.25, 0.3) is 11.0 Å². The number of amides is 1. The van der Waals surface area contributed by atoms with Crippen LogP contribution in [-0.4, -0.2) is 35.6 Å². The number of nitrogens with two attached hydrogens (primary N) is 1. The van der Waals surface area contributed by atoms with Crippen molar-refractivity contribution in [1.82, 2.24) is 10.6 Å². The molecule has 1 aliphatic rings. The van der Waals surface area contributed by atoms with Crippen LogP contribution in [0.4, 0.5) is 5.69 Å². The lowest BCUT2D eigenvalue weighted by Gasteiger charge is -2.20. The Morgan fingerprint density at radius 1 is 1.32 bits per heavy atom. The largest absolute Gasteiger partial charge is 0.480 e. The van der Waals surface area contributed by atoms with Crippen molar-refractivity contribution in [2.24, 2.45) is 5.92 Å². The van der Waals surface area contributed by atoms with Crippen LogP contribution in [0.3, 0.4) is 0 Å². The molecule has 3 rings (SSSR count). The summed E-state index contributed by atoms with van der Waals surface area (Å²) in [5.41, 5.74) is 7.28. The van der Waals surface area contributed by atoms with Gasteiger partial charge in [0.1, 0.15) is 11.6 Å². The molecular weight excluding hydrogens is 362 g/mol. The van der Waals surface area contributed by atoms with E-state index < -0.39 is 12.0 Å². The van der Waals surface area contributed by atoms with Gasteiger partial charge in [-0.3, -0.25) is 4.79 Å². The molecule has 2 heterocycles. The molecule has 1 amide bonds. The van der Waals surface area contributed by atoms with Gasteiger partial charge >= 0.3 is 11.6 Å². The van der Waals surface area contributed by atoms with Crippen molar-refractivity contribution in [2.45, 2.75) is 45.7 Å². The lowest BCUT2D eigenvalue weighted by molar-refractivity contribution is -0.143. The number of hydrogen-bond donors (Lipinski definition) is 4. The number of carboxylic acids is 1. The van der Waals surface area contributed by atoms with Crippen molar-refractivity contribution in [3.8, 4) is 0 Å². The van der Waals surface area contributed by atoms with Crippen LogP contribution in [0, 0.1) is 12.8 Å². The molecule has 1 saturated heterocycles. The molecule has 1 aromatic heterocycles. The number of carbonyl (C=O) groups excluding carboxylic acids is 1. The first-order chi connectivity index (χ1) is 13.2. The SMILES string of the molecule is CC(C)[C@H](NC(=O)[C@@H]1CCCN1)C(=O)O.Cc1cc(=O)oc2cc(N)ccc12. The Bertz CT molecular complexity index is 900. The summed E-state index contributed by atoms with van der Waals surface area (Å²) in [6.45, 7) is 6.26. The summed E-state index contributed by atoms with van der Waals surface area (Å²) in [6.07, 6.45) is 1.76. The predicted octanol–water partition coefficient (Wildman–Crippen LogP) is 1.65. The fraction of sp³-hybridized carbons (Fsp3) is 0.450. The lowest BCUT2D eigenvalue weighted by atomic mass is 10.0. The first kappa shape index (κ1) is 21.4. The molecule has 0 unspecified atom stereocenters. The molecule has 0 spiro atoms. The molecule has 0 saturated carbocycles. The maximum absolute atomic E-state index is 11.6. The van der Waals surface area contributed by atoms with E-state index in [9.17, 15) is 14.4 Å². The van der Waals surface area contributed by atoms with E-state index >= 15 is 0 Å². The summed E-state index contributed by atoms with van der Waals surface area (Å²) >= 11 is 0. The van der Waals surface area contributed by atoms with Crippen LogP contribution in [0.5, 0.6) is 0 Å². The number of aryl methyl sites for hydroxylation is 1. The second-order valence-corrected chi connectivity index (χ2v) is 7.22. The Hall–Kier alpha value is -2.87. The maximum atomic E-state index is 11.6. The van der Waals surface area contributed by atoms with E-state index in [2.05, 4.69) is 10.6 Å². The summed E-state index contributed by atoms with van der Waals surface area (Å²) < 4.78 is 4.99. The maximum Gasteiger partial charge on any atom is 0.336 e. The Morgan fingerprint density at radius 2 is 2.04 bits per heavy atom. The van der Waals surface area contributed by atoms with Gasteiger partial charge in [0.25, 0.3) is 0 Å². The molecule has 2 aromatic rings. The van der Waals surface area contributed by atoms with Gasteiger partial charge in [-0.1, -0.05) is 13.8 Å². The zero-order chi connectivity index (χ0) is 20.8. The monoisotopic (exact) mass is 389 g/mol. The van der Waals surface area contributed by atoms with Gasteiger partial charge in [0.15, 0.2) is 0 Å². The van der Waals surface area contributed by atoms with E-state index in [0.717, 1.165) is 30.3 Å². The second-order valence-electron chi connectivity index (χ2n) is 7.22. The van der Waals surface area contributed by atoms with Gasteiger partial charge in [0, 0.05) is 23.2 Å². The summed E-state index contributed by atoms with van der Waals surface area (Å²) in [4.78, 5) is 33.5. The third-order valence-corrected chi connectivity index (χ3v) is 4.58. The van der Waals surface area contributed by atoms with Gasteiger partial charge in [0.2, 0.25) is 5.91 Å². The van der Waals surface area contributed by atoms with Gasteiger partial charge in [-0.2, -0.15) is 0 Å². The molecule has 152 valence electrons. The molecule has 2 atom stereocenters. The number of fused-ring (bicyclic) bond motifs is 1. The topological polar surface area (TPSA) is 135 Å². The zero-order valence-corrected chi connectivity index (χ0v) is 16.3. The standard InChI is InChI=1S/C10H18N2O3.C10H9NO2/c1-6(2)8(10(14)15)12-9(13)7-4-3-5-11-7;1-6-4-10(12)13-9-5-7(11)2-3-8(6)9/h6-8,11H,3-5H2,1-2H3,(H,12,13)(H,14,15);2-5H,11H2,1H3/t7-,8-;/m0./s1. The van der Waals surface area contributed by atoms with Crippen molar-refractivity contribution in [2.75, 3.05) is 12.3 Å². The van der Waals surface area contributed by atoms with Gasteiger partial charge < -0.3 is 25.9 Å². The van der Waals surface area contributed by atoms with E-state index in [4.69, 9.17) is 15.3 Å². The molecule has 1 aromatic carbocycles. The van der Waals surface area contributed by atoms with Gasteiger partial charge in [-0.25, -0.2) is 9.59 Å². The quantitative estimate of drug-likeness (QED) is 0.461. The number of aliphatic carboxylic acids is 1.